The molecule has 0 spiro atoms. The van der Waals surface area contributed by atoms with Crippen LogP contribution in [0.1, 0.15) is 28.8 Å². The van der Waals surface area contributed by atoms with Gasteiger partial charge in [0.05, 0.1) is 11.5 Å². The van der Waals surface area contributed by atoms with Gasteiger partial charge in [0, 0.05) is 18.0 Å². The molecule has 34 heavy (non-hydrogen) atoms. The first-order valence-electron chi connectivity index (χ1n) is 10.9. The van der Waals surface area contributed by atoms with Crippen molar-refractivity contribution in [3.63, 3.8) is 0 Å². The number of aromatic hydroxyl groups is 1. The van der Waals surface area contributed by atoms with Gasteiger partial charge in [0.15, 0.2) is 34.7 Å². The molecule has 0 aromatic heterocycles. The van der Waals surface area contributed by atoms with Crippen molar-refractivity contribution >= 4 is 34.7 Å². The number of nitrogen functional groups attached to an aromatic ring is 1. The summed E-state index contributed by atoms with van der Waals surface area (Å²) in [6, 6.07) is 10.0. The maximum Gasteiger partial charge on any atom is 0.235 e. The number of aliphatic hydroxyl groups is 1. The number of hydrogen-bond acceptors (Lipinski definition) is 8. The van der Waals surface area contributed by atoms with Crippen LogP contribution in [-0.2, 0) is 25.6 Å². The molecule has 2 fully saturated rings. The molecule has 5 rings (SSSR count). The van der Waals surface area contributed by atoms with Crippen LogP contribution >= 0.6 is 0 Å². The summed E-state index contributed by atoms with van der Waals surface area (Å²) in [6.07, 6.45) is -0.106. The molecule has 0 bridgehead atoms. The Kier molecular flexibility index (Phi) is 4.73. The van der Waals surface area contributed by atoms with Crippen LogP contribution in [0.3, 0.4) is 0 Å². The van der Waals surface area contributed by atoms with Crippen molar-refractivity contribution in [2.75, 3.05) is 5.73 Å². The highest BCUT2D eigenvalue weighted by molar-refractivity contribution is 6.31. The Bertz CT molecular complexity index is 1320. The van der Waals surface area contributed by atoms with E-state index in [1.165, 1.54) is 6.07 Å². The summed E-state index contributed by atoms with van der Waals surface area (Å²) < 4.78 is 0. The fourth-order valence-corrected chi connectivity index (χ4v) is 5.94. The molecule has 0 radical (unpaired) electrons. The highest BCUT2D eigenvalue weighted by atomic mass is 16.3. The monoisotopic (exact) mass is 462 g/mol. The van der Waals surface area contributed by atoms with E-state index < -0.39 is 58.3 Å². The minimum Gasteiger partial charge on any atom is -0.507 e. The van der Waals surface area contributed by atoms with Crippen molar-refractivity contribution in [1.29, 1.82) is 0 Å². The zero-order valence-corrected chi connectivity index (χ0v) is 18.0. The number of fused-ring (bicyclic) bond motifs is 3. The van der Waals surface area contributed by atoms with Crippen molar-refractivity contribution < 1.29 is 34.2 Å². The second-order valence-corrected chi connectivity index (χ2v) is 9.35. The van der Waals surface area contributed by atoms with Gasteiger partial charge in [0.1, 0.15) is 5.75 Å². The number of hydrogen-bond donors (Lipinski definition) is 4. The molecule has 2 unspecified atom stereocenters. The SMILES string of the molecule is NC(=O)C1C(=O)C[C@@H]2C[C@@H]3Cc4c(-c5cccc(N)c5)ccc(O)c4C(=O)C3C(=O)[C@]2(O)C1=O. The molecule has 2 aromatic rings. The minimum absolute atomic E-state index is 0.0395. The molecule has 0 aliphatic heterocycles. The van der Waals surface area contributed by atoms with Crippen LogP contribution in [0, 0.1) is 23.7 Å². The van der Waals surface area contributed by atoms with Crippen LogP contribution in [0.5, 0.6) is 5.75 Å². The van der Waals surface area contributed by atoms with Gasteiger partial charge in [-0.2, -0.15) is 0 Å². The second kappa shape index (κ2) is 7.33. The molecule has 174 valence electrons. The van der Waals surface area contributed by atoms with E-state index in [1.807, 2.05) is 6.07 Å². The number of carbonyl (C=O) groups excluding carboxylic acids is 5. The zero-order chi connectivity index (χ0) is 24.5. The van der Waals surface area contributed by atoms with Gasteiger partial charge in [0.25, 0.3) is 0 Å². The van der Waals surface area contributed by atoms with E-state index in [0.29, 0.717) is 16.8 Å². The summed E-state index contributed by atoms with van der Waals surface area (Å²) in [6.45, 7) is 0. The van der Waals surface area contributed by atoms with Crippen LogP contribution in [-0.4, -0.2) is 44.9 Å². The largest absolute Gasteiger partial charge is 0.507 e. The van der Waals surface area contributed by atoms with Crippen LogP contribution in [0.25, 0.3) is 11.1 Å². The molecule has 3 aliphatic carbocycles. The lowest BCUT2D eigenvalue weighted by Gasteiger charge is -2.48. The van der Waals surface area contributed by atoms with Gasteiger partial charge in [-0.1, -0.05) is 18.2 Å². The molecule has 9 heteroatoms. The van der Waals surface area contributed by atoms with E-state index >= 15 is 0 Å². The van der Waals surface area contributed by atoms with Gasteiger partial charge < -0.3 is 21.7 Å². The van der Waals surface area contributed by atoms with E-state index in [2.05, 4.69) is 0 Å². The summed E-state index contributed by atoms with van der Waals surface area (Å²) in [4.78, 5) is 64.1. The average Bonchev–Trinajstić information content (AvgIpc) is 2.76. The summed E-state index contributed by atoms with van der Waals surface area (Å²) in [5.74, 6) is -10.2. The fraction of sp³-hybridized carbons (Fsp3) is 0.320. The van der Waals surface area contributed by atoms with Gasteiger partial charge >= 0.3 is 0 Å². The average molecular weight is 462 g/mol. The molecular weight excluding hydrogens is 440 g/mol. The lowest BCUT2D eigenvalue weighted by molar-refractivity contribution is -0.175. The van der Waals surface area contributed by atoms with Gasteiger partial charge in [-0.15, -0.1) is 0 Å². The normalized spacial score (nSPS) is 30.4. The number of nitrogens with two attached hydrogens (primary N) is 2. The number of carbonyl (C=O) groups is 5. The Morgan fingerprint density at radius 3 is 2.44 bits per heavy atom. The number of phenolic OH excluding ortho intramolecular Hbond substituents is 1. The van der Waals surface area contributed by atoms with Crippen LogP contribution < -0.4 is 11.5 Å². The second-order valence-electron chi connectivity index (χ2n) is 9.35. The third-order valence-electron chi connectivity index (χ3n) is 7.48. The van der Waals surface area contributed by atoms with Crippen LogP contribution in [0.15, 0.2) is 36.4 Å². The third-order valence-corrected chi connectivity index (χ3v) is 7.48. The summed E-state index contributed by atoms with van der Waals surface area (Å²) in [5.41, 5.74) is 10.9. The van der Waals surface area contributed by atoms with Gasteiger partial charge in [-0.25, -0.2) is 0 Å². The van der Waals surface area contributed by atoms with Gasteiger partial charge in [-0.3, -0.25) is 24.0 Å². The van der Waals surface area contributed by atoms with Crippen molar-refractivity contribution in [3.8, 4) is 16.9 Å². The number of phenols is 1. The predicted octanol–water partition coefficient (Wildman–Crippen LogP) is 0.576. The van der Waals surface area contributed by atoms with Crippen molar-refractivity contribution in [2.24, 2.45) is 29.4 Å². The lowest BCUT2D eigenvalue weighted by Crippen LogP contribution is -2.68. The quantitative estimate of drug-likeness (QED) is 0.370. The number of primary amides is 1. The summed E-state index contributed by atoms with van der Waals surface area (Å²) >= 11 is 0. The number of anilines is 1. The maximum absolute atomic E-state index is 13.5. The first-order chi connectivity index (χ1) is 16.1. The first kappa shape index (κ1) is 22.0. The van der Waals surface area contributed by atoms with Crippen LogP contribution in [0.4, 0.5) is 5.69 Å². The van der Waals surface area contributed by atoms with E-state index in [-0.39, 0.29) is 30.6 Å². The van der Waals surface area contributed by atoms with E-state index in [1.54, 1.807) is 24.3 Å². The lowest BCUT2D eigenvalue weighted by atomic mass is 9.53. The summed E-state index contributed by atoms with van der Waals surface area (Å²) in [5, 5.41) is 21.7. The zero-order valence-electron chi connectivity index (χ0n) is 18.0. The molecule has 5 atom stereocenters. The Labute approximate surface area is 193 Å². The molecule has 2 aromatic carbocycles. The van der Waals surface area contributed by atoms with Crippen molar-refractivity contribution in [1.82, 2.24) is 0 Å². The predicted molar refractivity (Wildman–Crippen MR) is 118 cm³/mol. The highest BCUT2D eigenvalue weighted by Gasteiger charge is 2.66. The number of Topliss-reactive ketones (excluding diaryl/α,β-unsaturated/α-hetero) is 4. The molecule has 0 heterocycles. The smallest absolute Gasteiger partial charge is 0.235 e. The highest BCUT2D eigenvalue weighted by Crippen LogP contribution is 2.51. The fourth-order valence-electron chi connectivity index (χ4n) is 5.94. The summed E-state index contributed by atoms with van der Waals surface area (Å²) in [7, 11) is 0. The Balaban J connectivity index is 1.62. The van der Waals surface area contributed by atoms with Gasteiger partial charge in [-0.05, 0) is 53.6 Å². The van der Waals surface area contributed by atoms with E-state index in [9.17, 15) is 34.2 Å². The number of rotatable bonds is 2. The topological polar surface area (TPSA) is 178 Å². The molecule has 2 saturated carbocycles. The standard InChI is InChI=1S/C25H22N2O7/c26-13-3-1-2-10(7-13)14-4-5-16(28)19-15(14)8-11-6-12-9-17(29)20(24(27)33)23(32)25(12,34)22(31)18(11)21(19)30/h1-5,7,11-12,18,20,28,34H,6,8-9,26H2,(H2,27,33)/t11-,12+,18?,20?,25+/m1/s1. The number of benzene rings is 2. The van der Waals surface area contributed by atoms with Crippen LogP contribution in [0.2, 0.25) is 0 Å². The Morgan fingerprint density at radius 1 is 1.03 bits per heavy atom. The first-order valence-corrected chi connectivity index (χ1v) is 10.9. The van der Waals surface area contributed by atoms with Crippen molar-refractivity contribution in [3.05, 3.63) is 47.5 Å². The Hall–Kier alpha value is -3.85. The minimum atomic E-state index is -2.65. The molecule has 1 amide bonds. The third kappa shape index (κ3) is 2.86. The van der Waals surface area contributed by atoms with Gasteiger partial charge in [0.2, 0.25) is 5.91 Å². The van der Waals surface area contributed by atoms with E-state index in [0.717, 1.165) is 5.56 Å². The Morgan fingerprint density at radius 2 is 1.76 bits per heavy atom. The molecular formula is C25H22N2O7. The van der Waals surface area contributed by atoms with Crippen molar-refractivity contribution in [2.45, 2.75) is 24.9 Å². The molecule has 6 N–H and O–H groups in total. The maximum atomic E-state index is 13.5. The number of ketones is 4. The van der Waals surface area contributed by atoms with E-state index in [4.69, 9.17) is 11.5 Å². The molecule has 0 saturated heterocycles. The molecule has 3 aliphatic rings. The number of amides is 1. The molecule has 9 nitrogen and oxygen atoms in total.